The summed E-state index contributed by atoms with van der Waals surface area (Å²) >= 11 is 1.87. The second kappa shape index (κ2) is 8.09. The van der Waals surface area contributed by atoms with Crippen LogP contribution in [0.4, 0.5) is 0 Å². The Hall–Kier alpha value is -1.74. The van der Waals surface area contributed by atoms with Gasteiger partial charge in [-0.25, -0.2) is 0 Å². The Kier molecular flexibility index (Phi) is 5.85. The van der Waals surface area contributed by atoms with E-state index in [1.54, 1.807) is 0 Å². The van der Waals surface area contributed by atoms with E-state index < -0.39 is 0 Å². The minimum absolute atomic E-state index is 0.0441. The summed E-state index contributed by atoms with van der Waals surface area (Å²) in [6.45, 7) is 7.36. The third kappa shape index (κ3) is 3.92. The highest BCUT2D eigenvalue weighted by Gasteiger charge is 2.34. The van der Waals surface area contributed by atoms with Gasteiger partial charge >= 0.3 is 0 Å². The molecule has 0 saturated carbocycles. The number of amides is 1. The van der Waals surface area contributed by atoms with Crippen LogP contribution >= 0.6 is 11.8 Å². The number of carbonyl (C=O) groups is 1. The maximum absolute atomic E-state index is 13.2. The first-order chi connectivity index (χ1) is 12.1. The standard InChI is InChI=1S/C22H27NOS/c1-4-20(18-8-6-5-7-9-18)21(24)23-14-15-25-22(23)19-12-10-17(11-13-19)16(2)3/h5-13,16,20,22H,4,14-15H2,1-3H3/t20-,22+/m0/s1. The van der Waals surface area contributed by atoms with E-state index in [-0.39, 0.29) is 17.2 Å². The molecule has 1 fully saturated rings. The molecule has 1 aliphatic heterocycles. The number of nitrogens with zero attached hydrogens (tertiary/aromatic N) is 1. The van der Waals surface area contributed by atoms with Crippen molar-refractivity contribution in [3.8, 4) is 0 Å². The Morgan fingerprint density at radius 1 is 1.08 bits per heavy atom. The van der Waals surface area contributed by atoms with E-state index in [2.05, 4.69) is 62.1 Å². The van der Waals surface area contributed by atoms with Crippen LogP contribution in [0.1, 0.15) is 61.1 Å². The van der Waals surface area contributed by atoms with Crippen LogP contribution in [0, 0.1) is 0 Å². The predicted molar refractivity (Wildman–Crippen MR) is 107 cm³/mol. The fraction of sp³-hybridized carbons (Fsp3) is 0.409. The lowest BCUT2D eigenvalue weighted by atomic mass is 9.94. The molecule has 3 rings (SSSR count). The summed E-state index contributed by atoms with van der Waals surface area (Å²) in [5.41, 5.74) is 3.71. The van der Waals surface area contributed by atoms with Crippen molar-refractivity contribution in [2.24, 2.45) is 0 Å². The molecule has 2 nitrogen and oxygen atoms in total. The summed E-state index contributed by atoms with van der Waals surface area (Å²) in [5, 5.41) is 0.145. The van der Waals surface area contributed by atoms with Crippen LogP contribution in [-0.2, 0) is 4.79 Å². The number of hydrogen-bond acceptors (Lipinski definition) is 2. The zero-order chi connectivity index (χ0) is 17.8. The van der Waals surface area contributed by atoms with Gasteiger partial charge in [-0.2, -0.15) is 0 Å². The van der Waals surface area contributed by atoms with Gasteiger partial charge in [-0.05, 0) is 29.0 Å². The molecule has 0 N–H and O–H groups in total. The molecule has 0 spiro atoms. The summed E-state index contributed by atoms with van der Waals surface area (Å²) in [6.07, 6.45) is 0.836. The van der Waals surface area contributed by atoms with E-state index in [9.17, 15) is 4.79 Å². The van der Waals surface area contributed by atoms with Crippen LogP contribution in [0.15, 0.2) is 54.6 Å². The molecule has 25 heavy (non-hydrogen) atoms. The van der Waals surface area contributed by atoms with E-state index >= 15 is 0 Å². The van der Waals surface area contributed by atoms with Crippen LogP contribution in [0.2, 0.25) is 0 Å². The minimum Gasteiger partial charge on any atom is -0.325 e. The smallest absolute Gasteiger partial charge is 0.231 e. The molecular formula is C22H27NOS. The highest BCUT2D eigenvalue weighted by molar-refractivity contribution is 7.99. The fourth-order valence-electron chi connectivity index (χ4n) is 3.46. The molecule has 0 unspecified atom stereocenters. The molecule has 2 aromatic carbocycles. The lowest BCUT2D eigenvalue weighted by molar-refractivity contribution is -0.133. The van der Waals surface area contributed by atoms with Gasteiger partial charge in [0, 0.05) is 12.3 Å². The SMILES string of the molecule is CC[C@H](C(=O)N1CCS[C@@H]1c1ccc(C(C)C)cc1)c1ccccc1. The Balaban J connectivity index is 1.81. The van der Waals surface area contributed by atoms with Gasteiger partial charge in [-0.3, -0.25) is 4.79 Å². The average Bonchev–Trinajstić information content (AvgIpc) is 3.13. The first-order valence-corrected chi connectivity index (χ1v) is 10.2. The fourth-order valence-corrected chi connectivity index (χ4v) is 4.72. The van der Waals surface area contributed by atoms with Crippen molar-refractivity contribution in [2.45, 2.75) is 44.4 Å². The molecule has 1 saturated heterocycles. The van der Waals surface area contributed by atoms with E-state index in [1.807, 2.05) is 30.0 Å². The lowest BCUT2D eigenvalue weighted by Crippen LogP contribution is -2.34. The molecular weight excluding hydrogens is 326 g/mol. The normalized spacial score (nSPS) is 18.6. The largest absolute Gasteiger partial charge is 0.325 e. The molecule has 0 radical (unpaired) electrons. The Bertz CT molecular complexity index is 696. The monoisotopic (exact) mass is 353 g/mol. The topological polar surface area (TPSA) is 20.3 Å². The number of carbonyl (C=O) groups excluding carboxylic acids is 1. The summed E-state index contributed by atoms with van der Waals surface area (Å²) in [5.74, 6) is 1.76. The molecule has 1 amide bonds. The summed E-state index contributed by atoms with van der Waals surface area (Å²) < 4.78 is 0. The van der Waals surface area contributed by atoms with Crippen LogP contribution in [-0.4, -0.2) is 23.1 Å². The van der Waals surface area contributed by atoms with Crippen LogP contribution in [0.5, 0.6) is 0 Å². The molecule has 0 aliphatic carbocycles. The van der Waals surface area contributed by atoms with E-state index in [0.29, 0.717) is 5.92 Å². The van der Waals surface area contributed by atoms with Crippen molar-refractivity contribution in [1.82, 2.24) is 4.90 Å². The van der Waals surface area contributed by atoms with E-state index in [1.165, 1.54) is 11.1 Å². The summed E-state index contributed by atoms with van der Waals surface area (Å²) in [7, 11) is 0. The first-order valence-electron chi connectivity index (χ1n) is 9.18. The molecule has 1 aliphatic rings. The molecule has 132 valence electrons. The number of benzene rings is 2. The number of thioether (sulfide) groups is 1. The van der Waals surface area contributed by atoms with Gasteiger partial charge in [0.05, 0.1) is 5.92 Å². The van der Waals surface area contributed by atoms with E-state index in [0.717, 1.165) is 24.3 Å². The molecule has 2 atom stereocenters. The zero-order valence-electron chi connectivity index (χ0n) is 15.3. The average molecular weight is 354 g/mol. The second-order valence-corrected chi connectivity index (χ2v) is 8.14. The van der Waals surface area contributed by atoms with Crippen LogP contribution < -0.4 is 0 Å². The van der Waals surface area contributed by atoms with Gasteiger partial charge in [-0.1, -0.05) is 75.4 Å². The highest BCUT2D eigenvalue weighted by atomic mass is 32.2. The Morgan fingerprint density at radius 2 is 1.76 bits per heavy atom. The molecule has 2 aromatic rings. The quantitative estimate of drug-likeness (QED) is 0.699. The number of rotatable bonds is 5. The summed E-state index contributed by atoms with van der Waals surface area (Å²) in [4.78, 5) is 15.3. The van der Waals surface area contributed by atoms with Crippen molar-refractivity contribution < 1.29 is 4.79 Å². The van der Waals surface area contributed by atoms with Gasteiger partial charge in [0.2, 0.25) is 5.91 Å². The van der Waals surface area contributed by atoms with E-state index in [4.69, 9.17) is 0 Å². The maximum atomic E-state index is 13.2. The lowest BCUT2D eigenvalue weighted by Gasteiger charge is -2.28. The third-order valence-corrected chi connectivity index (χ3v) is 6.23. The third-order valence-electron chi connectivity index (χ3n) is 4.97. The van der Waals surface area contributed by atoms with Gasteiger partial charge < -0.3 is 4.90 Å². The molecule has 1 heterocycles. The van der Waals surface area contributed by atoms with Gasteiger partial charge in [0.15, 0.2) is 0 Å². The van der Waals surface area contributed by atoms with Crippen molar-refractivity contribution in [3.63, 3.8) is 0 Å². The first kappa shape index (κ1) is 18.1. The second-order valence-electron chi connectivity index (χ2n) is 6.95. The van der Waals surface area contributed by atoms with Crippen molar-refractivity contribution in [1.29, 1.82) is 0 Å². The molecule has 0 bridgehead atoms. The maximum Gasteiger partial charge on any atom is 0.231 e. The summed E-state index contributed by atoms with van der Waals surface area (Å²) in [6, 6.07) is 19.0. The Morgan fingerprint density at radius 3 is 2.36 bits per heavy atom. The van der Waals surface area contributed by atoms with Crippen molar-refractivity contribution >= 4 is 17.7 Å². The van der Waals surface area contributed by atoms with Gasteiger partial charge in [-0.15, -0.1) is 11.8 Å². The zero-order valence-corrected chi connectivity index (χ0v) is 16.1. The van der Waals surface area contributed by atoms with Gasteiger partial charge in [0.1, 0.15) is 5.37 Å². The van der Waals surface area contributed by atoms with Crippen molar-refractivity contribution in [3.05, 3.63) is 71.3 Å². The van der Waals surface area contributed by atoms with Crippen LogP contribution in [0.25, 0.3) is 0 Å². The highest BCUT2D eigenvalue weighted by Crippen LogP contribution is 2.40. The van der Waals surface area contributed by atoms with Crippen LogP contribution in [0.3, 0.4) is 0 Å². The molecule has 0 aromatic heterocycles. The number of hydrogen-bond donors (Lipinski definition) is 0. The predicted octanol–water partition coefficient (Wildman–Crippen LogP) is 5.58. The molecule has 3 heteroatoms. The van der Waals surface area contributed by atoms with Gasteiger partial charge in [0.25, 0.3) is 0 Å². The minimum atomic E-state index is -0.0441. The van der Waals surface area contributed by atoms with Crippen molar-refractivity contribution in [2.75, 3.05) is 12.3 Å². The Labute approximate surface area is 155 Å².